The van der Waals surface area contributed by atoms with Crippen LogP contribution in [0.25, 0.3) is 0 Å². The van der Waals surface area contributed by atoms with E-state index in [-0.39, 0.29) is 5.84 Å². The third kappa shape index (κ3) is 4.40. The second kappa shape index (κ2) is 6.43. The van der Waals surface area contributed by atoms with E-state index in [2.05, 4.69) is 38.8 Å². The van der Waals surface area contributed by atoms with Crippen molar-refractivity contribution < 1.29 is 0 Å². The lowest BCUT2D eigenvalue weighted by molar-refractivity contribution is 0.441. The number of anilines is 1. The van der Waals surface area contributed by atoms with Crippen molar-refractivity contribution in [1.29, 1.82) is 5.41 Å². The number of hydrogen-bond donors (Lipinski definition) is 2. The molecule has 0 saturated carbocycles. The molecule has 0 aliphatic heterocycles. The Morgan fingerprint density at radius 1 is 1.33 bits per heavy atom. The van der Waals surface area contributed by atoms with Crippen molar-refractivity contribution in [2.75, 3.05) is 18.5 Å². The molecule has 0 aliphatic rings. The van der Waals surface area contributed by atoms with Crippen molar-refractivity contribution in [2.45, 2.75) is 27.2 Å². The molecule has 0 saturated heterocycles. The van der Waals surface area contributed by atoms with Crippen molar-refractivity contribution in [1.82, 2.24) is 0 Å². The second-order valence-electron chi connectivity index (χ2n) is 5.58. The SMILES string of the molecule is CC(C)CC(C)CN(C)c1cccc(C(=N)N)c1. The Morgan fingerprint density at radius 3 is 2.56 bits per heavy atom. The highest BCUT2D eigenvalue weighted by molar-refractivity contribution is 5.95. The average molecular weight is 247 g/mol. The van der Waals surface area contributed by atoms with Crippen molar-refractivity contribution in [2.24, 2.45) is 17.6 Å². The normalized spacial score (nSPS) is 12.5. The Morgan fingerprint density at radius 2 is 2.00 bits per heavy atom. The van der Waals surface area contributed by atoms with E-state index < -0.39 is 0 Å². The molecule has 0 spiro atoms. The number of hydrogen-bond acceptors (Lipinski definition) is 2. The van der Waals surface area contributed by atoms with Gasteiger partial charge in [0.2, 0.25) is 0 Å². The minimum absolute atomic E-state index is 0.125. The molecule has 3 nitrogen and oxygen atoms in total. The number of nitrogens with two attached hydrogens (primary N) is 1. The number of nitrogen functional groups attached to an aromatic ring is 1. The van der Waals surface area contributed by atoms with Gasteiger partial charge >= 0.3 is 0 Å². The molecule has 18 heavy (non-hydrogen) atoms. The lowest BCUT2D eigenvalue weighted by Crippen LogP contribution is -2.25. The van der Waals surface area contributed by atoms with Crippen molar-refractivity contribution in [3.63, 3.8) is 0 Å². The molecule has 1 aromatic rings. The van der Waals surface area contributed by atoms with E-state index in [4.69, 9.17) is 11.1 Å². The molecule has 0 aromatic heterocycles. The summed E-state index contributed by atoms with van der Waals surface area (Å²) in [7, 11) is 2.09. The van der Waals surface area contributed by atoms with Crippen LogP contribution in [0.1, 0.15) is 32.8 Å². The van der Waals surface area contributed by atoms with E-state index in [1.165, 1.54) is 6.42 Å². The maximum atomic E-state index is 7.47. The Balaban J connectivity index is 2.69. The summed E-state index contributed by atoms with van der Waals surface area (Å²) < 4.78 is 0. The number of nitrogens with zero attached hydrogens (tertiary/aromatic N) is 1. The summed E-state index contributed by atoms with van der Waals surface area (Å²) in [5.41, 5.74) is 7.43. The van der Waals surface area contributed by atoms with Crippen LogP contribution < -0.4 is 10.6 Å². The quantitative estimate of drug-likeness (QED) is 0.599. The number of amidine groups is 1. The minimum atomic E-state index is 0.125. The molecule has 1 aromatic carbocycles. The number of benzene rings is 1. The molecule has 3 N–H and O–H groups in total. The number of rotatable bonds is 6. The highest BCUT2D eigenvalue weighted by Gasteiger charge is 2.10. The largest absolute Gasteiger partial charge is 0.384 e. The molecular formula is C15H25N3. The second-order valence-corrected chi connectivity index (χ2v) is 5.58. The Hall–Kier alpha value is -1.51. The van der Waals surface area contributed by atoms with Crippen molar-refractivity contribution in [3.05, 3.63) is 29.8 Å². The minimum Gasteiger partial charge on any atom is -0.384 e. The molecule has 1 unspecified atom stereocenters. The van der Waals surface area contributed by atoms with Gasteiger partial charge in [0.15, 0.2) is 0 Å². The van der Waals surface area contributed by atoms with Crippen molar-refractivity contribution >= 4 is 11.5 Å². The molecule has 100 valence electrons. The van der Waals surface area contributed by atoms with Crippen LogP contribution in [0.15, 0.2) is 24.3 Å². The first-order valence-electron chi connectivity index (χ1n) is 6.55. The lowest BCUT2D eigenvalue weighted by atomic mass is 9.98. The fourth-order valence-electron chi connectivity index (χ4n) is 2.36. The van der Waals surface area contributed by atoms with Gasteiger partial charge in [0.25, 0.3) is 0 Å². The molecule has 0 bridgehead atoms. The van der Waals surface area contributed by atoms with E-state index in [1.807, 2.05) is 18.2 Å². The molecule has 0 fully saturated rings. The first-order chi connectivity index (χ1) is 8.40. The first-order valence-corrected chi connectivity index (χ1v) is 6.55. The summed E-state index contributed by atoms with van der Waals surface area (Å²) in [6.07, 6.45) is 1.23. The van der Waals surface area contributed by atoms with Gasteiger partial charge in [0.1, 0.15) is 5.84 Å². The van der Waals surface area contributed by atoms with Crippen LogP contribution in [-0.2, 0) is 0 Å². The van der Waals surface area contributed by atoms with Crippen LogP contribution >= 0.6 is 0 Å². The van der Waals surface area contributed by atoms with Gasteiger partial charge in [-0.3, -0.25) is 5.41 Å². The molecule has 0 amide bonds. The standard InChI is InChI=1S/C15H25N3/c1-11(2)8-12(3)10-18(4)14-7-5-6-13(9-14)15(16)17/h5-7,9,11-12H,8,10H2,1-4H3,(H3,16,17). The maximum absolute atomic E-state index is 7.47. The molecule has 1 atom stereocenters. The Bertz CT molecular complexity index is 398. The van der Waals surface area contributed by atoms with Gasteiger partial charge in [0, 0.05) is 24.8 Å². The summed E-state index contributed by atoms with van der Waals surface area (Å²) in [6, 6.07) is 7.87. The van der Waals surface area contributed by atoms with E-state index in [1.54, 1.807) is 0 Å². The molecule has 0 aliphatic carbocycles. The van der Waals surface area contributed by atoms with Crippen LogP contribution in [0, 0.1) is 17.2 Å². The van der Waals surface area contributed by atoms with Crippen LogP contribution in [0.5, 0.6) is 0 Å². The highest BCUT2D eigenvalue weighted by Crippen LogP contribution is 2.18. The highest BCUT2D eigenvalue weighted by atomic mass is 15.1. The fraction of sp³-hybridized carbons (Fsp3) is 0.533. The fourth-order valence-corrected chi connectivity index (χ4v) is 2.36. The van der Waals surface area contributed by atoms with E-state index >= 15 is 0 Å². The van der Waals surface area contributed by atoms with E-state index in [0.29, 0.717) is 5.92 Å². The van der Waals surface area contributed by atoms with Gasteiger partial charge in [-0.2, -0.15) is 0 Å². The lowest BCUT2D eigenvalue weighted by Gasteiger charge is -2.24. The molecular weight excluding hydrogens is 222 g/mol. The molecule has 0 radical (unpaired) electrons. The predicted molar refractivity (Wildman–Crippen MR) is 79.3 cm³/mol. The average Bonchev–Trinajstić information content (AvgIpc) is 2.27. The third-order valence-electron chi connectivity index (χ3n) is 3.06. The Labute approximate surface area is 111 Å². The smallest absolute Gasteiger partial charge is 0.122 e. The van der Waals surface area contributed by atoms with Gasteiger partial charge in [-0.25, -0.2) is 0 Å². The van der Waals surface area contributed by atoms with Crippen LogP contribution in [-0.4, -0.2) is 19.4 Å². The zero-order chi connectivity index (χ0) is 13.7. The third-order valence-corrected chi connectivity index (χ3v) is 3.06. The van der Waals surface area contributed by atoms with Gasteiger partial charge in [-0.1, -0.05) is 32.9 Å². The first kappa shape index (κ1) is 14.6. The molecule has 0 heterocycles. The van der Waals surface area contributed by atoms with Crippen LogP contribution in [0.2, 0.25) is 0 Å². The van der Waals surface area contributed by atoms with Gasteiger partial charge < -0.3 is 10.6 Å². The predicted octanol–water partition coefficient (Wildman–Crippen LogP) is 3.09. The van der Waals surface area contributed by atoms with E-state index in [0.717, 1.165) is 23.7 Å². The van der Waals surface area contributed by atoms with E-state index in [9.17, 15) is 0 Å². The van der Waals surface area contributed by atoms with Gasteiger partial charge in [-0.05, 0) is 30.4 Å². The summed E-state index contributed by atoms with van der Waals surface area (Å²) in [4.78, 5) is 2.24. The topological polar surface area (TPSA) is 53.1 Å². The zero-order valence-electron chi connectivity index (χ0n) is 11.9. The van der Waals surface area contributed by atoms with Crippen LogP contribution in [0.4, 0.5) is 5.69 Å². The zero-order valence-corrected chi connectivity index (χ0v) is 11.9. The number of nitrogens with one attached hydrogen (secondary N) is 1. The Kier molecular flexibility index (Phi) is 5.20. The summed E-state index contributed by atoms with van der Waals surface area (Å²) >= 11 is 0. The van der Waals surface area contributed by atoms with Crippen molar-refractivity contribution in [3.8, 4) is 0 Å². The summed E-state index contributed by atoms with van der Waals surface area (Å²) in [5, 5.41) is 7.47. The maximum Gasteiger partial charge on any atom is 0.122 e. The van der Waals surface area contributed by atoms with Gasteiger partial charge in [0.05, 0.1) is 0 Å². The molecule has 1 rings (SSSR count). The summed E-state index contributed by atoms with van der Waals surface area (Å²) in [5.74, 6) is 1.52. The molecule has 3 heteroatoms. The summed E-state index contributed by atoms with van der Waals surface area (Å²) in [6.45, 7) is 7.82. The van der Waals surface area contributed by atoms with Gasteiger partial charge in [-0.15, -0.1) is 0 Å². The monoisotopic (exact) mass is 247 g/mol. The van der Waals surface area contributed by atoms with Crippen LogP contribution in [0.3, 0.4) is 0 Å².